The molecule has 4 heteroatoms. The summed E-state index contributed by atoms with van der Waals surface area (Å²) in [6.45, 7) is 2.94. The number of nitro groups is 1. The van der Waals surface area contributed by atoms with Gasteiger partial charge in [-0.3, -0.25) is 10.1 Å². The van der Waals surface area contributed by atoms with E-state index < -0.39 is 0 Å². The fourth-order valence-corrected chi connectivity index (χ4v) is 2.07. The van der Waals surface area contributed by atoms with Crippen LogP contribution in [0.3, 0.4) is 0 Å². The van der Waals surface area contributed by atoms with Crippen LogP contribution in [0.5, 0.6) is 0 Å². The van der Waals surface area contributed by atoms with Gasteiger partial charge in [0.15, 0.2) is 0 Å². The molecule has 4 nitrogen and oxygen atoms in total. The van der Waals surface area contributed by atoms with Crippen molar-refractivity contribution in [2.24, 2.45) is 0 Å². The quantitative estimate of drug-likeness (QED) is 0.647. The van der Waals surface area contributed by atoms with Gasteiger partial charge in [-0.1, -0.05) is 42.5 Å². The number of nitro benzene ring substituents is 1. The zero-order chi connectivity index (χ0) is 14.4. The van der Waals surface area contributed by atoms with E-state index >= 15 is 0 Å². The molecule has 2 aromatic rings. The van der Waals surface area contributed by atoms with Gasteiger partial charge in [0.1, 0.15) is 0 Å². The predicted octanol–water partition coefficient (Wildman–Crippen LogP) is 3.32. The number of rotatable bonds is 6. The smallest absolute Gasteiger partial charge is 0.269 e. The molecule has 0 fully saturated rings. The van der Waals surface area contributed by atoms with Crippen LogP contribution in [0, 0.1) is 10.1 Å². The van der Waals surface area contributed by atoms with Crippen molar-refractivity contribution in [2.45, 2.75) is 25.9 Å². The van der Waals surface area contributed by atoms with Crippen LogP contribution < -0.4 is 5.32 Å². The first-order chi connectivity index (χ1) is 9.65. The Bertz CT molecular complexity index is 552. The van der Waals surface area contributed by atoms with Crippen molar-refractivity contribution < 1.29 is 4.92 Å². The minimum atomic E-state index is -0.374. The summed E-state index contributed by atoms with van der Waals surface area (Å²) in [7, 11) is 0. The second-order valence-corrected chi connectivity index (χ2v) is 4.90. The number of hydrogen-bond donors (Lipinski definition) is 1. The Morgan fingerprint density at radius 1 is 1.05 bits per heavy atom. The summed E-state index contributed by atoms with van der Waals surface area (Å²) >= 11 is 0. The van der Waals surface area contributed by atoms with E-state index in [1.807, 2.05) is 30.3 Å². The molecule has 0 spiro atoms. The first kappa shape index (κ1) is 14.2. The molecule has 0 aliphatic heterocycles. The Morgan fingerprint density at radius 2 is 1.70 bits per heavy atom. The molecule has 0 heterocycles. The molecule has 0 bridgehead atoms. The lowest BCUT2D eigenvalue weighted by molar-refractivity contribution is -0.384. The molecule has 0 radical (unpaired) electrons. The third kappa shape index (κ3) is 4.17. The Balaban J connectivity index is 1.85. The SMILES string of the molecule is C[C@@H](Cc1ccc([N+](=O)[O-])cc1)NCc1ccccc1. The van der Waals surface area contributed by atoms with Gasteiger partial charge >= 0.3 is 0 Å². The third-order valence-electron chi connectivity index (χ3n) is 3.19. The van der Waals surface area contributed by atoms with E-state index in [2.05, 4.69) is 24.4 Å². The fourth-order valence-electron chi connectivity index (χ4n) is 2.07. The molecule has 0 aromatic heterocycles. The molecule has 0 aliphatic rings. The molecular weight excluding hydrogens is 252 g/mol. The molecule has 104 valence electrons. The molecule has 2 rings (SSSR count). The van der Waals surface area contributed by atoms with Crippen LogP contribution in [0.1, 0.15) is 18.1 Å². The lowest BCUT2D eigenvalue weighted by Crippen LogP contribution is -2.27. The largest absolute Gasteiger partial charge is 0.310 e. The van der Waals surface area contributed by atoms with Crippen molar-refractivity contribution in [1.82, 2.24) is 5.32 Å². The van der Waals surface area contributed by atoms with Crippen LogP contribution in [-0.4, -0.2) is 11.0 Å². The van der Waals surface area contributed by atoms with Crippen LogP contribution in [0.15, 0.2) is 54.6 Å². The summed E-state index contributed by atoms with van der Waals surface area (Å²) in [5, 5.41) is 14.0. The second kappa shape index (κ2) is 6.82. The first-order valence-electron chi connectivity index (χ1n) is 6.66. The van der Waals surface area contributed by atoms with Crippen LogP contribution in [0.4, 0.5) is 5.69 Å². The molecule has 1 atom stereocenters. The van der Waals surface area contributed by atoms with Crippen LogP contribution in [0.2, 0.25) is 0 Å². The van der Waals surface area contributed by atoms with Gasteiger partial charge in [-0.05, 0) is 24.5 Å². The Hall–Kier alpha value is -2.20. The highest BCUT2D eigenvalue weighted by Gasteiger charge is 2.07. The molecule has 1 N–H and O–H groups in total. The summed E-state index contributed by atoms with van der Waals surface area (Å²) in [6.07, 6.45) is 0.852. The third-order valence-corrected chi connectivity index (χ3v) is 3.19. The van der Waals surface area contributed by atoms with Gasteiger partial charge in [-0.15, -0.1) is 0 Å². The van der Waals surface area contributed by atoms with E-state index in [4.69, 9.17) is 0 Å². The van der Waals surface area contributed by atoms with E-state index in [0.29, 0.717) is 6.04 Å². The zero-order valence-corrected chi connectivity index (χ0v) is 11.5. The predicted molar refractivity (Wildman–Crippen MR) is 79.5 cm³/mol. The maximum Gasteiger partial charge on any atom is 0.269 e. The average molecular weight is 270 g/mol. The maximum absolute atomic E-state index is 10.6. The maximum atomic E-state index is 10.6. The molecule has 0 saturated carbocycles. The fraction of sp³-hybridized carbons (Fsp3) is 0.250. The summed E-state index contributed by atoms with van der Waals surface area (Å²) in [6, 6.07) is 17.3. The van der Waals surface area contributed by atoms with E-state index in [9.17, 15) is 10.1 Å². The van der Waals surface area contributed by atoms with Crippen molar-refractivity contribution in [3.8, 4) is 0 Å². The molecule has 0 unspecified atom stereocenters. The van der Waals surface area contributed by atoms with E-state index in [1.165, 1.54) is 5.56 Å². The Labute approximate surface area is 118 Å². The van der Waals surface area contributed by atoms with E-state index in [0.717, 1.165) is 18.5 Å². The average Bonchev–Trinajstić information content (AvgIpc) is 2.47. The number of benzene rings is 2. The number of nitrogens with one attached hydrogen (secondary N) is 1. The van der Waals surface area contributed by atoms with Gasteiger partial charge in [0.05, 0.1) is 4.92 Å². The van der Waals surface area contributed by atoms with Crippen LogP contribution in [0.25, 0.3) is 0 Å². The summed E-state index contributed by atoms with van der Waals surface area (Å²) < 4.78 is 0. The van der Waals surface area contributed by atoms with Crippen molar-refractivity contribution in [3.63, 3.8) is 0 Å². The van der Waals surface area contributed by atoms with Gasteiger partial charge in [0.2, 0.25) is 0 Å². The number of hydrogen-bond acceptors (Lipinski definition) is 3. The topological polar surface area (TPSA) is 55.2 Å². The van der Waals surface area contributed by atoms with Gasteiger partial charge in [-0.25, -0.2) is 0 Å². The van der Waals surface area contributed by atoms with Gasteiger partial charge in [0.25, 0.3) is 5.69 Å². The van der Waals surface area contributed by atoms with Crippen molar-refractivity contribution >= 4 is 5.69 Å². The van der Waals surface area contributed by atoms with Gasteiger partial charge in [0, 0.05) is 24.7 Å². The number of nitrogens with zero attached hydrogens (tertiary/aromatic N) is 1. The molecule has 0 amide bonds. The van der Waals surface area contributed by atoms with Crippen molar-refractivity contribution in [1.29, 1.82) is 0 Å². The monoisotopic (exact) mass is 270 g/mol. The highest BCUT2D eigenvalue weighted by atomic mass is 16.6. The molecular formula is C16H18N2O2. The normalized spacial score (nSPS) is 12.1. The van der Waals surface area contributed by atoms with Gasteiger partial charge in [-0.2, -0.15) is 0 Å². The lowest BCUT2D eigenvalue weighted by atomic mass is 10.1. The minimum Gasteiger partial charge on any atom is -0.310 e. The van der Waals surface area contributed by atoms with Crippen molar-refractivity contribution in [3.05, 3.63) is 75.8 Å². The summed E-state index contributed by atoms with van der Waals surface area (Å²) in [4.78, 5) is 10.2. The standard InChI is InChI=1S/C16H18N2O2/c1-13(17-12-15-5-3-2-4-6-15)11-14-7-9-16(10-8-14)18(19)20/h2-10,13,17H,11-12H2,1H3/t13-/m0/s1. The van der Waals surface area contributed by atoms with Crippen LogP contribution in [-0.2, 0) is 13.0 Å². The van der Waals surface area contributed by atoms with Crippen molar-refractivity contribution in [2.75, 3.05) is 0 Å². The Kier molecular flexibility index (Phi) is 4.85. The lowest BCUT2D eigenvalue weighted by Gasteiger charge is -2.13. The second-order valence-electron chi connectivity index (χ2n) is 4.90. The van der Waals surface area contributed by atoms with Crippen LogP contribution >= 0.6 is 0 Å². The highest BCUT2D eigenvalue weighted by Crippen LogP contribution is 2.13. The summed E-state index contributed by atoms with van der Waals surface area (Å²) in [5.74, 6) is 0. The number of non-ortho nitro benzene ring substituents is 1. The Morgan fingerprint density at radius 3 is 2.30 bits per heavy atom. The molecule has 0 aliphatic carbocycles. The van der Waals surface area contributed by atoms with E-state index in [1.54, 1.807) is 12.1 Å². The van der Waals surface area contributed by atoms with Gasteiger partial charge < -0.3 is 5.32 Å². The van der Waals surface area contributed by atoms with E-state index in [-0.39, 0.29) is 10.6 Å². The minimum absolute atomic E-state index is 0.138. The summed E-state index contributed by atoms with van der Waals surface area (Å²) in [5.41, 5.74) is 2.49. The first-order valence-corrected chi connectivity index (χ1v) is 6.66. The zero-order valence-electron chi connectivity index (χ0n) is 11.5. The molecule has 20 heavy (non-hydrogen) atoms. The molecule has 2 aromatic carbocycles. The molecule has 0 saturated heterocycles. The highest BCUT2D eigenvalue weighted by molar-refractivity contribution is 5.33.